The highest BCUT2D eigenvalue weighted by Gasteiger charge is 2.30. The summed E-state index contributed by atoms with van der Waals surface area (Å²) in [6.07, 6.45) is 0.915. The Kier molecular flexibility index (Phi) is 3.92. The Balaban J connectivity index is 1.81. The van der Waals surface area contributed by atoms with Crippen molar-refractivity contribution >= 4 is 40.3 Å². The van der Waals surface area contributed by atoms with Gasteiger partial charge < -0.3 is 9.47 Å². The van der Waals surface area contributed by atoms with Gasteiger partial charge in [0.15, 0.2) is 22.5 Å². The number of ether oxygens (including phenoxy) is 2. The van der Waals surface area contributed by atoms with E-state index in [9.17, 15) is 4.79 Å². The van der Waals surface area contributed by atoms with Gasteiger partial charge in [0.25, 0.3) is 0 Å². The van der Waals surface area contributed by atoms with Crippen LogP contribution >= 0.6 is 23.2 Å². The molecule has 0 aliphatic carbocycles. The fourth-order valence-electron chi connectivity index (χ4n) is 2.17. The van der Waals surface area contributed by atoms with Gasteiger partial charge in [0.05, 0.1) is 6.10 Å². The van der Waals surface area contributed by atoms with E-state index < -0.39 is 0 Å². The summed E-state index contributed by atoms with van der Waals surface area (Å²) < 4.78 is 12.2. The molecule has 3 rings (SSSR count). The normalized spacial score (nSPS) is 21.9. The maximum Gasteiger partial charge on any atom is 0.302 e. The van der Waals surface area contributed by atoms with Gasteiger partial charge in [-0.2, -0.15) is 9.67 Å². The van der Waals surface area contributed by atoms with Crippen molar-refractivity contribution in [2.75, 3.05) is 6.61 Å². The van der Waals surface area contributed by atoms with Gasteiger partial charge in [-0.05, 0) is 24.4 Å². The number of esters is 1. The molecule has 0 spiro atoms. The second kappa shape index (κ2) is 5.70. The summed E-state index contributed by atoms with van der Waals surface area (Å²) in [5.41, 5.74) is 0.784. The lowest BCUT2D eigenvalue weighted by atomic mass is 10.2. The number of halogens is 2. The van der Waals surface area contributed by atoms with Crippen LogP contribution < -0.4 is 0 Å². The average molecular weight is 332 g/mol. The Morgan fingerprint density at radius 2 is 2.24 bits per heavy atom. The zero-order valence-corrected chi connectivity index (χ0v) is 12.5. The van der Waals surface area contributed by atoms with Crippen molar-refractivity contribution in [1.82, 2.24) is 25.0 Å². The molecule has 0 N–H and O–H groups in total. The molecule has 0 saturated carbocycles. The lowest BCUT2D eigenvalue weighted by molar-refractivity contribution is -0.145. The molecule has 1 aliphatic heterocycles. The topological polar surface area (TPSA) is 92.0 Å². The number of hydrogen-bond donors (Lipinski definition) is 0. The minimum atomic E-state index is -0.349. The van der Waals surface area contributed by atoms with Crippen molar-refractivity contribution < 1.29 is 14.3 Å². The molecular formula is C11H11Cl2N5O3. The van der Waals surface area contributed by atoms with Gasteiger partial charge in [-0.25, -0.2) is 4.98 Å². The molecule has 1 aliphatic rings. The summed E-state index contributed by atoms with van der Waals surface area (Å²) in [6, 6.07) is 0. The van der Waals surface area contributed by atoms with Gasteiger partial charge in [0.2, 0.25) is 5.28 Å². The molecule has 0 radical (unpaired) electrons. The summed E-state index contributed by atoms with van der Waals surface area (Å²) in [5, 5.41) is 8.10. The van der Waals surface area contributed by atoms with Crippen LogP contribution in [0.5, 0.6) is 0 Å². The van der Waals surface area contributed by atoms with Crippen LogP contribution in [0.1, 0.15) is 26.0 Å². The standard InChI is InChI=1S/C11H11Cl2N5O3/c1-5(19)20-4-6-2-3-7(21-6)18-10-8(16-17-18)9(12)14-11(13)15-10/h6-7H,2-4H2,1H3/t6-,7+/m0/s1. The van der Waals surface area contributed by atoms with E-state index >= 15 is 0 Å². The Morgan fingerprint density at radius 1 is 1.43 bits per heavy atom. The van der Waals surface area contributed by atoms with E-state index in [2.05, 4.69) is 20.3 Å². The minimum absolute atomic E-state index is 0.0190. The first-order valence-electron chi connectivity index (χ1n) is 6.27. The summed E-state index contributed by atoms with van der Waals surface area (Å²) in [4.78, 5) is 18.7. The molecular weight excluding hydrogens is 321 g/mol. The van der Waals surface area contributed by atoms with E-state index in [0.29, 0.717) is 17.6 Å². The van der Waals surface area contributed by atoms with E-state index in [1.54, 1.807) is 0 Å². The quantitative estimate of drug-likeness (QED) is 0.480. The molecule has 10 heteroatoms. The lowest BCUT2D eigenvalue weighted by Gasteiger charge is -2.13. The van der Waals surface area contributed by atoms with Crippen LogP contribution in [0.3, 0.4) is 0 Å². The van der Waals surface area contributed by atoms with Crippen LogP contribution in [0.25, 0.3) is 11.2 Å². The van der Waals surface area contributed by atoms with E-state index in [1.807, 2.05) is 0 Å². The number of rotatable bonds is 3. The molecule has 0 aromatic carbocycles. The molecule has 3 heterocycles. The highest BCUT2D eigenvalue weighted by molar-refractivity contribution is 6.35. The van der Waals surface area contributed by atoms with Gasteiger partial charge >= 0.3 is 5.97 Å². The third kappa shape index (κ3) is 2.92. The first-order chi connectivity index (χ1) is 10.0. The molecule has 21 heavy (non-hydrogen) atoms. The monoisotopic (exact) mass is 331 g/mol. The maximum atomic E-state index is 10.8. The van der Waals surface area contributed by atoms with Gasteiger partial charge in [-0.3, -0.25) is 4.79 Å². The van der Waals surface area contributed by atoms with Gasteiger partial charge in [-0.1, -0.05) is 16.8 Å². The molecule has 2 atom stereocenters. The third-order valence-corrected chi connectivity index (χ3v) is 3.52. The first kappa shape index (κ1) is 14.4. The summed E-state index contributed by atoms with van der Waals surface area (Å²) in [6.45, 7) is 1.58. The van der Waals surface area contributed by atoms with Gasteiger partial charge in [0, 0.05) is 6.92 Å². The van der Waals surface area contributed by atoms with Crippen LogP contribution in [0, 0.1) is 0 Å². The molecule has 112 valence electrons. The van der Waals surface area contributed by atoms with E-state index in [1.165, 1.54) is 11.6 Å². The number of carbonyl (C=O) groups excluding carboxylic acids is 1. The fraction of sp³-hybridized carbons (Fsp3) is 0.545. The molecule has 2 aromatic heterocycles. The van der Waals surface area contributed by atoms with Crippen LogP contribution in [0.4, 0.5) is 0 Å². The summed E-state index contributed by atoms with van der Waals surface area (Å²) in [7, 11) is 0. The number of carbonyl (C=O) groups is 1. The van der Waals surface area contributed by atoms with Crippen molar-refractivity contribution in [3.63, 3.8) is 0 Å². The lowest BCUT2D eigenvalue weighted by Crippen LogP contribution is -2.19. The highest BCUT2D eigenvalue weighted by atomic mass is 35.5. The minimum Gasteiger partial charge on any atom is -0.463 e. The van der Waals surface area contributed by atoms with Crippen LogP contribution in [-0.2, 0) is 14.3 Å². The van der Waals surface area contributed by atoms with Crippen LogP contribution in [0.2, 0.25) is 10.4 Å². The van der Waals surface area contributed by atoms with E-state index in [4.69, 9.17) is 32.7 Å². The second-order valence-corrected chi connectivity index (χ2v) is 5.28. The zero-order chi connectivity index (χ0) is 15.0. The fourth-order valence-corrected chi connectivity index (χ4v) is 2.58. The number of nitrogens with zero attached hydrogens (tertiary/aromatic N) is 5. The Bertz CT molecular complexity index is 692. The molecule has 1 saturated heterocycles. The number of hydrogen-bond acceptors (Lipinski definition) is 7. The first-order valence-corrected chi connectivity index (χ1v) is 7.03. The van der Waals surface area contributed by atoms with E-state index in [-0.39, 0.29) is 35.3 Å². The molecule has 0 amide bonds. The Morgan fingerprint density at radius 3 is 3.00 bits per heavy atom. The smallest absolute Gasteiger partial charge is 0.302 e. The second-order valence-electron chi connectivity index (χ2n) is 4.58. The van der Waals surface area contributed by atoms with Crippen molar-refractivity contribution in [3.8, 4) is 0 Å². The van der Waals surface area contributed by atoms with Gasteiger partial charge in [0.1, 0.15) is 6.61 Å². The van der Waals surface area contributed by atoms with Crippen molar-refractivity contribution in [1.29, 1.82) is 0 Å². The largest absolute Gasteiger partial charge is 0.463 e. The average Bonchev–Trinajstić information content (AvgIpc) is 3.02. The van der Waals surface area contributed by atoms with Crippen molar-refractivity contribution in [3.05, 3.63) is 10.4 Å². The third-order valence-electron chi connectivity index (χ3n) is 3.08. The predicted molar refractivity (Wildman–Crippen MR) is 72.9 cm³/mol. The summed E-state index contributed by atoms with van der Waals surface area (Å²) >= 11 is 11.7. The predicted octanol–water partition coefficient (Wildman–Crippen LogP) is 1.77. The maximum absolute atomic E-state index is 10.8. The SMILES string of the molecule is CC(=O)OC[C@@H]1CC[C@H](n2nnc3c(Cl)nc(Cl)nc32)O1. The number of fused-ring (bicyclic) bond motifs is 1. The molecule has 8 nitrogen and oxygen atoms in total. The van der Waals surface area contributed by atoms with Crippen molar-refractivity contribution in [2.45, 2.75) is 32.1 Å². The van der Waals surface area contributed by atoms with Crippen molar-refractivity contribution in [2.24, 2.45) is 0 Å². The van der Waals surface area contributed by atoms with Gasteiger partial charge in [-0.15, -0.1) is 5.10 Å². The molecule has 0 bridgehead atoms. The molecule has 1 fully saturated rings. The molecule has 0 unspecified atom stereocenters. The highest BCUT2D eigenvalue weighted by Crippen LogP contribution is 2.31. The Labute approximate surface area is 129 Å². The van der Waals surface area contributed by atoms with Crippen LogP contribution in [-0.4, -0.2) is 43.6 Å². The van der Waals surface area contributed by atoms with Crippen LogP contribution in [0.15, 0.2) is 0 Å². The van der Waals surface area contributed by atoms with E-state index in [0.717, 1.165) is 6.42 Å². The Hall–Kier alpha value is -1.51. The zero-order valence-electron chi connectivity index (χ0n) is 11.0. The summed E-state index contributed by atoms with van der Waals surface area (Å²) in [5.74, 6) is -0.334. The number of aromatic nitrogens is 5. The molecule has 2 aromatic rings.